The average Bonchev–Trinajstić information content (AvgIpc) is 3.47. The van der Waals surface area contributed by atoms with Crippen molar-refractivity contribution >= 4 is 33.2 Å². The quantitative estimate of drug-likeness (QED) is 0.340. The van der Waals surface area contributed by atoms with Crippen LogP contribution in [-0.4, -0.2) is 101 Å². The molecule has 3 fully saturated rings. The fraction of sp³-hybridized carbons (Fsp3) is 0.651. The van der Waals surface area contributed by atoms with Gasteiger partial charge in [-0.05, 0) is 124 Å². The van der Waals surface area contributed by atoms with Crippen LogP contribution in [0.3, 0.4) is 0 Å². The van der Waals surface area contributed by atoms with E-state index in [1.165, 1.54) is 43.4 Å². The van der Waals surface area contributed by atoms with Crippen LogP contribution in [0.15, 0.2) is 48.6 Å². The summed E-state index contributed by atoms with van der Waals surface area (Å²) in [6.45, 7) is 10.9. The van der Waals surface area contributed by atoms with Crippen LogP contribution in [0.2, 0.25) is 5.02 Å². The number of anilines is 1. The summed E-state index contributed by atoms with van der Waals surface area (Å²) in [7, 11) is -2.07. The van der Waals surface area contributed by atoms with Crippen LogP contribution in [0, 0.1) is 17.8 Å². The summed E-state index contributed by atoms with van der Waals surface area (Å²) in [6, 6.07) is 12.3. The molecule has 2 bridgehead atoms. The zero-order chi connectivity index (χ0) is 37.7. The molecule has 2 aromatic rings. The number of amides is 1. The van der Waals surface area contributed by atoms with E-state index in [4.69, 9.17) is 21.1 Å². The molecule has 0 unspecified atom stereocenters. The van der Waals surface area contributed by atoms with E-state index in [-0.39, 0.29) is 17.3 Å². The number of sulfonamides is 1. The van der Waals surface area contributed by atoms with Gasteiger partial charge in [0.25, 0.3) is 5.91 Å². The second kappa shape index (κ2) is 15.4. The third-order valence-electron chi connectivity index (χ3n) is 14.3. The first-order valence-corrected chi connectivity index (χ1v) is 22.5. The lowest BCUT2D eigenvalue weighted by atomic mass is 9.63. The van der Waals surface area contributed by atoms with Crippen molar-refractivity contribution in [3.63, 3.8) is 0 Å². The first-order valence-electron chi connectivity index (χ1n) is 20.6. The maximum absolute atomic E-state index is 13.7. The van der Waals surface area contributed by atoms with Gasteiger partial charge in [-0.15, -0.1) is 0 Å². The molecule has 9 nitrogen and oxygen atoms in total. The Kier molecular flexibility index (Phi) is 10.9. The van der Waals surface area contributed by atoms with Crippen molar-refractivity contribution in [1.29, 1.82) is 0 Å². The predicted octanol–water partition coefficient (Wildman–Crippen LogP) is 6.83. The Balaban J connectivity index is 1.18. The SMILES string of the molecule is CO[C@]1(CN2CCN3CCCCC[C@H]3C2)/C=C\C[C@H](C)[C@@H](C)S(=O)(=O)NC(=O)c2ccc3c(c2)N(C[C@@H]2CC[C@H]21)C[C@@]1(CCCc2cc(Cl)ccc21)CO3. The topological polar surface area (TPSA) is 91.4 Å². The molecule has 4 aliphatic heterocycles. The molecule has 1 N–H and O–H groups in total. The highest BCUT2D eigenvalue weighted by atomic mass is 35.5. The van der Waals surface area contributed by atoms with Gasteiger partial charge in [-0.2, -0.15) is 0 Å². The molecule has 54 heavy (non-hydrogen) atoms. The molecule has 6 aliphatic rings. The van der Waals surface area contributed by atoms with Crippen molar-refractivity contribution in [3.8, 4) is 5.75 Å². The maximum atomic E-state index is 13.7. The molecule has 2 saturated heterocycles. The monoisotopic (exact) mass is 778 g/mol. The van der Waals surface area contributed by atoms with Crippen LogP contribution >= 0.6 is 11.6 Å². The van der Waals surface area contributed by atoms with Gasteiger partial charge in [0.05, 0.1) is 17.5 Å². The van der Waals surface area contributed by atoms with E-state index in [1.54, 1.807) is 13.0 Å². The van der Waals surface area contributed by atoms with Crippen molar-refractivity contribution in [2.45, 2.75) is 100 Å². The van der Waals surface area contributed by atoms with Crippen LogP contribution in [0.4, 0.5) is 5.69 Å². The Bertz CT molecular complexity index is 1860. The van der Waals surface area contributed by atoms with Gasteiger partial charge in [-0.25, -0.2) is 13.1 Å². The lowest BCUT2D eigenvalue weighted by molar-refractivity contribution is -0.0987. The predicted molar refractivity (Wildman–Crippen MR) is 215 cm³/mol. The molecule has 8 rings (SSSR count). The molecule has 1 spiro atoms. The van der Waals surface area contributed by atoms with Gasteiger partial charge in [-0.1, -0.05) is 49.6 Å². The Morgan fingerprint density at radius 3 is 2.69 bits per heavy atom. The second-order valence-electron chi connectivity index (χ2n) is 17.5. The number of benzene rings is 2. The average molecular weight is 779 g/mol. The number of nitrogens with one attached hydrogen (secondary N) is 1. The van der Waals surface area contributed by atoms with E-state index in [1.807, 2.05) is 32.2 Å². The lowest BCUT2D eigenvalue weighted by Crippen LogP contribution is -2.60. The molecule has 294 valence electrons. The zero-order valence-electron chi connectivity index (χ0n) is 32.4. The molecule has 1 amide bonds. The number of hydrogen-bond donors (Lipinski definition) is 1. The number of piperazine rings is 1. The van der Waals surface area contributed by atoms with Crippen LogP contribution in [0.5, 0.6) is 5.75 Å². The number of hydrogen-bond acceptors (Lipinski definition) is 8. The summed E-state index contributed by atoms with van der Waals surface area (Å²) in [5.74, 6) is 0.548. The van der Waals surface area contributed by atoms with E-state index in [0.717, 1.165) is 87.8 Å². The van der Waals surface area contributed by atoms with Crippen molar-refractivity contribution in [3.05, 3.63) is 70.3 Å². The Labute approximate surface area is 327 Å². The van der Waals surface area contributed by atoms with E-state index in [2.05, 4.69) is 43.7 Å². The number of carbonyl (C=O) groups excluding carboxylic acids is 1. The van der Waals surface area contributed by atoms with E-state index < -0.39 is 26.8 Å². The Morgan fingerprint density at radius 2 is 1.87 bits per heavy atom. The molecule has 1 saturated carbocycles. The van der Waals surface area contributed by atoms with Crippen LogP contribution < -0.4 is 14.4 Å². The molecule has 2 aliphatic carbocycles. The summed E-state index contributed by atoms with van der Waals surface area (Å²) in [6.07, 6.45) is 15.4. The van der Waals surface area contributed by atoms with Crippen LogP contribution in [-0.2, 0) is 26.6 Å². The highest BCUT2D eigenvalue weighted by Crippen LogP contribution is 2.49. The van der Waals surface area contributed by atoms with Gasteiger partial charge in [0, 0.05) is 68.4 Å². The smallest absolute Gasteiger partial charge is 0.264 e. The van der Waals surface area contributed by atoms with Crippen molar-refractivity contribution < 1.29 is 22.7 Å². The maximum Gasteiger partial charge on any atom is 0.264 e. The first kappa shape index (κ1) is 38.3. The molecule has 0 aromatic heterocycles. The van der Waals surface area contributed by atoms with Crippen molar-refractivity contribution in [2.75, 3.05) is 64.4 Å². The second-order valence-corrected chi connectivity index (χ2v) is 19.9. The minimum Gasteiger partial charge on any atom is -0.490 e. The summed E-state index contributed by atoms with van der Waals surface area (Å²) in [4.78, 5) is 21.5. The number of ether oxygens (including phenoxy) is 2. The number of fused-ring (bicyclic) bond motifs is 5. The third-order valence-corrected chi connectivity index (χ3v) is 16.4. The van der Waals surface area contributed by atoms with Gasteiger partial charge in [0.15, 0.2) is 0 Å². The molecule has 11 heteroatoms. The normalized spacial score (nSPS) is 35.2. The number of nitrogens with zero attached hydrogens (tertiary/aromatic N) is 3. The Morgan fingerprint density at radius 1 is 1.00 bits per heavy atom. The minimum absolute atomic E-state index is 0.207. The first-order chi connectivity index (χ1) is 26.0. The largest absolute Gasteiger partial charge is 0.490 e. The summed E-state index contributed by atoms with van der Waals surface area (Å²) in [5.41, 5.74) is 2.97. The summed E-state index contributed by atoms with van der Waals surface area (Å²) < 4.78 is 43.2. The van der Waals surface area contributed by atoms with Gasteiger partial charge >= 0.3 is 0 Å². The number of methoxy groups -OCH3 is 1. The standard InChI is InChI=1S/C43H59ClN4O5S/c1-30-9-7-19-43(52-3,28-46-21-22-47-20-6-4-5-11-36(47)26-46)38-15-12-34(38)25-48-27-42(18-8-10-32-23-35(44)14-16-37(32)42)29-53-40-17-13-33(24-39(40)48)41(49)45-54(50,51)31(30)2/h7,13-14,16-17,19,23-24,30-31,34,36,38H,4-6,8-12,15,18,20-22,25-29H2,1-3H3,(H,45,49)/b19-7-/t30-,31+,34-,36-,38+,42-,43-/m0/s1. The fourth-order valence-electron chi connectivity index (χ4n) is 10.7. The van der Waals surface area contributed by atoms with E-state index in [0.29, 0.717) is 30.6 Å². The number of allylic oxidation sites excluding steroid dienone is 1. The summed E-state index contributed by atoms with van der Waals surface area (Å²) in [5, 5.41) is -0.0132. The van der Waals surface area contributed by atoms with Crippen LogP contribution in [0.1, 0.15) is 93.1 Å². The highest BCUT2D eigenvalue weighted by Gasteiger charge is 2.50. The fourth-order valence-corrected chi connectivity index (χ4v) is 12.2. The zero-order valence-corrected chi connectivity index (χ0v) is 34.0. The Hall–Kier alpha value is -2.63. The molecular formula is C43H59ClN4O5S. The van der Waals surface area contributed by atoms with Crippen molar-refractivity contribution in [1.82, 2.24) is 14.5 Å². The van der Waals surface area contributed by atoms with Gasteiger partial charge < -0.3 is 14.4 Å². The molecule has 4 heterocycles. The highest BCUT2D eigenvalue weighted by molar-refractivity contribution is 7.90. The summed E-state index contributed by atoms with van der Waals surface area (Å²) >= 11 is 6.52. The van der Waals surface area contributed by atoms with Gasteiger partial charge in [0.2, 0.25) is 10.0 Å². The van der Waals surface area contributed by atoms with Gasteiger partial charge in [-0.3, -0.25) is 14.6 Å². The van der Waals surface area contributed by atoms with Gasteiger partial charge in [0.1, 0.15) is 11.4 Å². The molecule has 7 atom stereocenters. The van der Waals surface area contributed by atoms with Crippen LogP contribution in [0.25, 0.3) is 0 Å². The van der Waals surface area contributed by atoms with E-state index >= 15 is 0 Å². The molecular weight excluding hydrogens is 720 g/mol. The minimum atomic E-state index is -3.95. The number of halogens is 1. The third kappa shape index (κ3) is 7.35. The molecule has 0 radical (unpaired) electrons. The van der Waals surface area contributed by atoms with E-state index in [9.17, 15) is 13.2 Å². The molecule has 2 aromatic carbocycles. The van der Waals surface area contributed by atoms with Crippen molar-refractivity contribution in [2.24, 2.45) is 17.8 Å². The number of carbonyl (C=O) groups is 1. The number of aryl methyl sites for hydroxylation is 1. The lowest BCUT2D eigenvalue weighted by Gasteiger charge is -2.53. The number of rotatable bonds is 3.